The van der Waals surface area contributed by atoms with Gasteiger partial charge in [0.25, 0.3) is 0 Å². The Morgan fingerprint density at radius 2 is 2.33 bits per heavy atom. The number of carbonyl (C=O) groups excluding carboxylic acids is 1. The Kier molecular flexibility index (Phi) is 2.49. The number of rotatable bonds is 1. The van der Waals surface area contributed by atoms with Crippen molar-refractivity contribution in [1.82, 2.24) is 0 Å². The van der Waals surface area contributed by atoms with Crippen molar-refractivity contribution in [1.29, 1.82) is 0 Å². The molecule has 0 saturated heterocycles. The molecular formula is C8H12O4. The van der Waals surface area contributed by atoms with Gasteiger partial charge in [0.2, 0.25) is 0 Å². The highest BCUT2D eigenvalue weighted by Gasteiger charge is 2.26. The van der Waals surface area contributed by atoms with E-state index in [1.807, 2.05) is 0 Å². The molecule has 0 heterocycles. The van der Waals surface area contributed by atoms with Gasteiger partial charge in [-0.15, -0.1) is 0 Å². The number of hydrogen-bond donors (Lipinski definition) is 2. The maximum absolute atomic E-state index is 10.5. The first-order valence-corrected chi connectivity index (χ1v) is 3.82. The molecule has 0 aromatic carbocycles. The highest BCUT2D eigenvalue weighted by molar-refractivity contribution is 5.67. The smallest absolute Gasteiger partial charge is 0.307 e. The van der Waals surface area contributed by atoms with Gasteiger partial charge < -0.3 is 14.9 Å². The molecule has 0 aliphatic heterocycles. The van der Waals surface area contributed by atoms with E-state index in [4.69, 9.17) is 14.9 Å². The third-order valence-electron chi connectivity index (χ3n) is 1.70. The lowest BCUT2D eigenvalue weighted by Crippen LogP contribution is -2.30. The van der Waals surface area contributed by atoms with Gasteiger partial charge in [-0.05, 0) is 6.08 Å². The van der Waals surface area contributed by atoms with E-state index in [0.717, 1.165) is 0 Å². The van der Waals surface area contributed by atoms with Crippen LogP contribution < -0.4 is 0 Å². The molecule has 0 atom stereocenters. The van der Waals surface area contributed by atoms with Gasteiger partial charge in [0, 0.05) is 26.2 Å². The number of ether oxygens (including phenoxy) is 1. The summed E-state index contributed by atoms with van der Waals surface area (Å²) in [6.45, 7) is 1.32. The molecule has 0 aromatic rings. The molecule has 4 nitrogen and oxygen atoms in total. The van der Waals surface area contributed by atoms with Crippen LogP contribution in [0.3, 0.4) is 0 Å². The van der Waals surface area contributed by atoms with Crippen LogP contribution >= 0.6 is 0 Å². The summed E-state index contributed by atoms with van der Waals surface area (Å²) >= 11 is 0. The van der Waals surface area contributed by atoms with Crippen LogP contribution in [0.25, 0.3) is 0 Å². The van der Waals surface area contributed by atoms with Gasteiger partial charge in [-0.25, -0.2) is 0 Å². The molecule has 0 radical (unpaired) electrons. The van der Waals surface area contributed by atoms with Crippen molar-refractivity contribution in [2.24, 2.45) is 0 Å². The predicted molar refractivity (Wildman–Crippen MR) is 40.9 cm³/mol. The number of allylic oxidation sites excluding steroid dienone is 1. The highest BCUT2D eigenvalue weighted by Crippen LogP contribution is 2.25. The van der Waals surface area contributed by atoms with Crippen molar-refractivity contribution in [2.45, 2.75) is 32.0 Å². The fourth-order valence-corrected chi connectivity index (χ4v) is 1.08. The standard InChI is InChI=1S/C8H12O4/c1-6(9)12-7-2-4-8(10,11)5-3-7/h2,10-11H,3-5H2,1H3. The van der Waals surface area contributed by atoms with Gasteiger partial charge in [0.05, 0.1) is 0 Å². The fourth-order valence-electron chi connectivity index (χ4n) is 1.08. The van der Waals surface area contributed by atoms with Crippen LogP contribution in [0.5, 0.6) is 0 Å². The average molecular weight is 172 g/mol. The summed E-state index contributed by atoms with van der Waals surface area (Å²) in [6.07, 6.45) is 2.26. The summed E-state index contributed by atoms with van der Waals surface area (Å²) in [5.74, 6) is -1.46. The molecular weight excluding hydrogens is 160 g/mol. The van der Waals surface area contributed by atoms with Crippen molar-refractivity contribution in [2.75, 3.05) is 0 Å². The van der Waals surface area contributed by atoms with E-state index in [1.165, 1.54) is 13.0 Å². The molecule has 68 valence electrons. The largest absolute Gasteiger partial charge is 0.432 e. The zero-order chi connectivity index (χ0) is 9.19. The van der Waals surface area contributed by atoms with Gasteiger partial charge in [-0.2, -0.15) is 0 Å². The molecule has 0 bridgehead atoms. The van der Waals surface area contributed by atoms with Gasteiger partial charge in [0.1, 0.15) is 5.76 Å². The maximum Gasteiger partial charge on any atom is 0.307 e. The van der Waals surface area contributed by atoms with E-state index >= 15 is 0 Å². The summed E-state index contributed by atoms with van der Waals surface area (Å²) in [6, 6.07) is 0. The van der Waals surface area contributed by atoms with Crippen molar-refractivity contribution in [3.05, 3.63) is 11.8 Å². The van der Waals surface area contributed by atoms with Crippen molar-refractivity contribution in [3.63, 3.8) is 0 Å². The monoisotopic (exact) mass is 172 g/mol. The van der Waals surface area contributed by atoms with E-state index in [-0.39, 0.29) is 18.8 Å². The molecule has 0 unspecified atom stereocenters. The Labute approximate surface area is 70.5 Å². The quantitative estimate of drug-likeness (QED) is 0.441. The van der Waals surface area contributed by atoms with Gasteiger partial charge in [-0.3, -0.25) is 4.79 Å². The lowest BCUT2D eigenvalue weighted by Gasteiger charge is -2.24. The fraction of sp³-hybridized carbons (Fsp3) is 0.625. The van der Waals surface area contributed by atoms with Gasteiger partial charge >= 0.3 is 5.97 Å². The van der Waals surface area contributed by atoms with E-state index < -0.39 is 5.79 Å². The van der Waals surface area contributed by atoms with Gasteiger partial charge in [0.15, 0.2) is 5.79 Å². The summed E-state index contributed by atoms with van der Waals surface area (Å²) in [4.78, 5) is 10.5. The second-order valence-electron chi connectivity index (χ2n) is 2.95. The molecule has 2 N–H and O–H groups in total. The van der Waals surface area contributed by atoms with Crippen molar-refractivity contribution < 1.29 is 19.7 Å². The van der Waals surface area contributed by atoms with Gasteiger partial charge in [-0.1, -0.05) is 0 Å². The first kappa shape index (κ1) is 9.22. The summed E-state index contributed by atoms with van der Waals surface area (Å²) in [7, 11) is 0. The van der Waals surface area contributed by atoms with E-state index in [0.29, 0.717) is 12.2 Å². The Bertz CT molecular complexity index is 217. The Balaban J connectivity index is 2.50. The van der Waals surface area contributed by atoms with E-state index in [1.54, 1.807) is 0 Å². The molecule has 1 aliphatic carbocycles. The Hall–Kier alpha value is -0.870. The minimum Gasteiger partial charge on any atom is -0.432 e. The lowest BCUT2D eigenvalue weighted by molar-refractivity contribution is -0.168. The van der Waals surface area contributed by atoms with Crippen LogP contribution in [0.1, 0.15) is 26.2 Å². The second kappa shape index (κ2) is 3.25. The number of hydrogen-bond acceptors (Lipinski definition) is 4. The minimum absolute atomic E-state index is 0.121. The molecule has 4 heteroatoms. The van der Waals surface area contributed by atoms with Crippen LogP contribution in [0, 0.1) is 0 Å². The topological polar surface area (TPSA) is 66.8 Å². The predicted octanol–water partition coefficient (Wildman–Crippen LogP) is 0.298. The van der Waals surface area contributed by atoms with Crippen molar-refractivity contribution >= 4 is 5.97 Å². The van der Waals surface area contributed by atoms with Crippen LogP contribution in [-0.4, -0.2) is 22.0 Å². The second-order valence-corrected chi connectivity index (χ2v) is 2.95. The number of aliphatic hydroxyl groups is 2. The van der Waals surface area contributed by atoms with Crippen LogP contribution in [0.4, 0.5) is 0 Å². The van der Waals surface area contributed by atoms with E-state index in [2.05, 4.69) is 0 Å². The molecule has 0 aromatic heterocycles. The maximum atomic E-state index is 10.5. The Morgan fingerprint density at radius 1 is 1.67 bits per heavy atom. The Morgan fingerprint density at radius 3 is 2.75 bits per heavy atom. The lowest BCUT2D eigenvalue weighted by atomic mass is 10.00. The van der Waals surface area contributed by atoms with Crippen LogP contribution in [-0.2, 0) is 9.53 Å². The first-order chi connectivity index (χ1) is 5.49. The molecule has 1 aliphatic rings. The summed E-state index contributed by atoms with van der Waals surface area (Å²) in [5.41, 5.74) is 0. The first-order valence-electron chi connectivity index (χ1n) is 3.82. The highest BCUT2D eigenvalue weighted by atomic mass is 16.5. The SMILES string of the molecule is CC(=O)OC1=CCC(O)(O)CC1. The third-order valence-corrected chi connectivity index (χ3v) is 1.70. The molecule has 0 spiro atoms. The third kappa shape index (κ3) is 2.64. The zero-order valence-electron chi connectivity index (χ0n) is 6.91. The number of carbonyl (C=O) groups is 1. The molecule has 12 heavy (non-hydrogen) atoms. The van der Waals surface area contributed by atoms with Crippen molar-refractivity contribution in [3.8, 4) is 0 Å². The normalized spacial score (nSPS) is 21.4. The van der Waals surface area contributed by atoms with Crippen LogP contribution in [0.2, 0.25) is 0 Å². The zero-order valence-corrected chi connectivity index (χ0v) is 6.91. The molecule has 0 saturated carbocycles. The molecule has 0 fully saturated rings. The molecule has 1 rings (SSSR count). The number of esters is 1. The average Bonchev–Trinajstić information content (AvgIpc) is 1.93. The summed E-state index contributed by atoms with van der Waals surface area (Å²) in [5, 5.41) is 18.2. The minimum atomic E-state index is -1.62. The summed E-state index contributed by atoms with van der Waals surface area (Å²) < 4.78 is 4.78. The van der Waals surface area contributed by atoms with E-state index in [9.17, 15) is 4.79 Å². The van der Waals surface area contributed by atoms with Crippen LogP contribution in [0.15, 0.2) is 11.8 Å². The molecule has 0 amide bonds.